The molecule has 5 rings (SSSR count). The molecule has 0 radical (unpaired) electrons. The summed E-state index contributed by atoms with van der Waals surface area (Å²) in [5.74, 6) is -4.37. The van der Waals surface area contributed by atoms with E-state index in [0.717, 1.165) is 34.1 Å². The molecule has 188 valence electrons. The van der Waals surface area contributed by atoms with Crippen molar-refractivity contribution in [3.63, 3.8) is 0 Å². The Labute approximate surface area is 212 Å². The van der Waals surface area contributed by atoms with Crippen LogP contribution >= 0.6 is 0 Å². The summed E-state index contributed by atoms with van der Waals surface area (Å²) in [6.45, 7) is -0.553. The van der Waals surface area contributed by atoms with Gasteiger partial charge in [-0.15, -0.1) is 0 Å². The van der Waals surface area contributed by atoms with Gasteiger partial charge in [-0.05, 0) is 41.5 Å². The number of amides is 2. The number of anilines is 2. The summed E-state index contributed by atoms with van der Waals surface area (Å²) in [6, 6.07) is 13.8. The lowest BCUT2D eigenvalue weighted by Crippen LogP contribution is -2.43. The molecule has 1 atom stereocenters. The van der Waals surface area contributed by atoms with Crippen LogP contribution in [-0.4, -0.2) is 60.5 Å². The molecule has 3 heterocycles. The van der Waals surface area contributed by atoms with Crippen LogP contribution in [0, 0.1) is 11.3 Å². The van der Waals surface area contributed by atoms with Crippen molar-refractivity contribution in [2.45, 2.75) is 18.4 Å². The maximum absolute atomic E-state index is 13.7. The molecule has 0 spiro atoms. The Morgan fingerprint density at radius 2 is 1.97 bits per heavy atom. The molecule has 37 heavy (non-hydrogen) atoms. The molecule has 2 amide bonds. The molecule has 3 aromatic rings. The average Bonchev–Trinajstić information content (AvgIpc) is 3.43. The highest BCUT2D eigenvalue weighted by molar-refractivity contribution is 6.07. The fraction of sp³-hybridized carbons (Fsp3) is 0.259. The molecule has 0 aliphatic carbocycles. The predicted octanol–water partition coefficient (Wildman–Crippen LogP) is 3.71. The van der Waals surface area contributed by atoms with E-state index >= 15 is 0 Å². The number of alkyl halides is 2. The molecule has 0 bridgehead atoms. The number of likely N-dealkylation sites (tertiary alicyclic amines) is 1. The zero-order valence-corrected chi connectivity index (χ0v) is 20.0. The van der Waals surface area contributed by atoms with E-state index in [1.165, 1.54) is 6.20 Å². The van der Waals surface area contributed by atoms with Crippen molar-refractivity contribution in [3.05, 3.63) is 65.4 Å². The van der Waals surface area contributed by atoms with Gasteiger partial charge in [-0.2, -0.15) is 5.26 Å². The van der Waals surface area contributed by atoms with Gasteiger partial charge in [-0.3, -0.25) is 14.6 Å². The molecular weight excluding hydrogens is 478 g/mol. The molecule has 10 heteroatoms. The van der Waals surface area contributed by atoms with Crippen molar-refractivity contribution < 1.29 is 18.4 Å². The first-order chi connectivity index (χ1) is 17.7. The molecule has 8 nitrogen and oxygen atoms in total. The Hall–Kier alpha value is -4.52. The zero-order chi connectivity index (χ0) is 26.2. The Morgan fingerprint density at radius 1 is 1.22 bits per heavy atom. The lowest BCUT2D eigenvalue weighted by Gasteiger charge is -2.19. The number of nitrogens with zero attached hydrogens (tertiary/aromatic N) is 4. The van der Waals surface area contributed by atoms with Crippen molar-refractivity contribution in [1.82, 2.24) is 15.2 Å². The average molecular weight is 503 g/mol. The third-order valence-corrected chi connectivity index (χ3v) is 6.56. The smallest absolute Gasteiger partial charge is 0.268 e. The Balaban J connectivity index is 1.31. The lowest BCUT2D eigenvalue weighted by molar-refractivity contribution is -0.131. The molecular formula is C27H24F2N6O2. The summed E-state index contributed by atoms with van der Waals surface area (Å²) in [4.78, 5) is 32.7. The van der Waals surface area contributed by atoms with Crippen LogP contribution < -0.4 is 15.5 Å². The Bertz CT molecular complexity index is 1470. The number of nitrogens with one attached hydrogen (secondary N) is 2. The predicted molar refractivity (Wildman–Crippen MR) is 137 cm³/mol. The van der Waals surface area contributed by atoms with E-state index in [0.29, 0.717) is 16.5 Å². The Kier molecular flexibility index (Phi) is 6.21. The number of carbonyl (C=O) groups is 2. The zero-order valence-electron chi connectivity index (χ0n) is 20.0. The number of aromatic nitrogens is 1. The van der Waals surface area contributed by atoms with Crippen molar-refractivity contribution in [3.8, 4) is 6.07 Å². The molecule has 2 aliphatic rings. The largest absolute Gasteiger partial charge is 0.366 e. The van der Waals surface area contributed by atoms with Gasteiger partial charge in [0.15, 0.2) is 0 Å². The third kappa shape index (κ3) is 4.93. The van der Waals surface area contributed by atoms with Crippen LogP contribution in [0.2, 0.25) is 0 Å². The van der Waals surface area contributed by atoms with Crippen molar-refractivity contribution in [1.29, 1.82) is 5.26 Å². The highest BCUT2D eigenvalue weighted by Gasteiger charge is 2.47. The van der Waals surface area contributed by atoms with Gasteiger partial charge in [0.05, 0.1) is 48.3 Å². The molecule has 1 aromatic heterocycles. The van der Waals surface area contributed by atoms with E-state index < -0.39 is 43.3 Å². The number of pyridine rings is 1. The van der Waals surface area contributed by atoms with E-state index in [4.69, 9.17) is 5.26 Å². The normalized spacial score (nSPS) is 18.1. The number of nitriles is 1. The standard InChI is InChI=1S/C27H24F2N6O2/c1-34-16-33-23-11-18(5-7-24(23)34)3-2-17-4-6-22-21(10-17)20(8-9-31-22)26(37)32-14-25(36)35-15-27(28,29)12-19(35)13-30/h2-11,19,33H,12,14-16H2,1H3,(H,32,37)/b3-2+/t19-/m0/s1. The van der Waals surface area contributed by atoms with E-state index in [1.54, 1.807) is 18.2 Å². The van der Waals surface area contributed by atoms with Crippen LogP contribution in [0.4, 0.5) is 20.2 Å². The van der Waals surface area contributed by atoms with E-state index in [9.17, 15) is 18.4 Å². The van der Waals surface area contributed by atoms with Crippen LogP contribution in [0.3, 0.4) is 0 Å². The van der Waals surface area contributed by atoms with Crippen LogP contribution in [-0.2, 0) is 4.79 Å². The molecule has 1 saturated heterocycles. The molecule has 0 saturated carbocycles. The third-order valence-electron chi connectivity index (χ3n) is 6.56. The molecule has 2 aliphatic heterocycles. The van der Waals surface area contributed by atoms with Gasteiger partial charge >= 0.3 is 0 Å². The number of rotatable bonds is 5. The maximum atomic E-state index is 13.7. The van der Waals surface area contributed by atoms with Gasteiger partial charge in [0.1, 0.15) is 6.04 Å². The SMILES string of the molecule is CN1CNc2cc(/C=C/c3ccc4nccc(C(=O)NCC(=O)N5CC(F)(F)C[C@H]5C#N)c4c3)ccc21. The number of fused-ring (bicyclic) bond motifs is 2. The maximum Gasteiger partial charge on any atom is 0.268 e. The van der Waals surface area contributed by atoms with E-state index in [2.05, 4.69) is 32.7 Å². The van der Waals surface area contributed by atoms with Crippen LogP contribution in [0.5, 0.6) is 0 Å². The van der Waals surface area contributed by atoms with Crippen molar-refractivity contribution >= 4 is 46.2 Å². The van der Waals surface area contributed by atoms with Gasteiger partial charge in [-0.25, -0.2) is 8.78 Å². The summed E-state index contributed by atoms with van der Waals surface area (Å²) in [7, 11) is 2.02. The first-order valence-electron chi connectivity index (χ1n) is 11.8. The second kappa shape index (κ2) is 9.50. The first-order valence-corrected chi connectivity index (χ1v) is 11.8. The quantitative estimate of drug-likeness (QED) is 0.516. The minimum absolute atomic E-state index is 0.307. The fourth-order valence-electron chi connectivity index (χ4n) is 4.63. The van der Waals surface area contributed by atoms with Gasteiger partial charge in [0.25, 0.3) is 11.8 Å². The summed E-state index contributed by atoms with van der Waals surface area (Å²) in [5, 5.41) is 15.5. The molecule has 2 aromatic carbocycles. The van der Waals surface area contributed by atoms with Crippen LogP contribution in [0.15, 0.2) is 48.7 Å². The minimum Gasteiger partial charge on any atom is -0.366 e. The van der Waals surface area contributed by atoms with Crippen molar-refractivity contribution in [2.24, 2.45) is 0 Å². The monoisotopic (exact) mass is 502 g/mol. The van der Waals surface area contributed by atoms with Gasteiger partial charge < -0.3 is 20.4 Å². The summed E-state index contributed by atoms with van der Waals surface area (Å²) in [6.07, 6.45) is 4.71. The topological polar surface area (TPSA) is 101 Å². The van der Waals surface area contributed by atoms with Crippen molar-refractivity contribution in [2.75, 3.05) is 37.0 Å². The van der Waals surface area contributed by atoms with Crippen LogP contribution in [0.1, 0.15) is 27.9 Å². The highest BCUT2D eigenvalue weighted by atomic mass is 19.3. The van der Waals surface area contributed by atoms with E-state index in [1.807, 2.05) is 37.4 Å². The molecule has 1 fully saturated rings. The molecule has 0 unspecified atom stereocenters. The number of hydrogen-bond donors (Lipinski definition) is 2. The number of benzene rings is 2. The lowest BCUT2D eigenvalue weighted by atomic mass is 10.0. The summed E-state index contributed by atoms with van der Waals surface area (Å²) < 4.78 is 27.3. The van der Waals surface area contributed by atoms with Gasteiger partial charge in [-0.1, -0.05) is 24.3 Å². The van der Waals surface area contributed by atoms with E-state index in [-0.39, 0.29) is 0 Å². The number of carbonyl (C=O) groups excluding carboxylic acids is 2. The van der Waals surface area contributed by atoms with Gasteiger partial charge in [0.2, 0.25) is 5.91 Å². The van der Waals surface area contributed by atoms with Gasteiger partial charge in [0, 0.05) is 25.1 Å². The Morgan fingerprint density at radius 3 is 2.76 bits per heavy atom. The molecule has 2 N–H and O–H groups in total. The summed E-state index contributed by atoms with van der Waals surface area (Å²) >= 11 is 0. The summed E-state index contributed by atoms with van der Waals surface area (Å²) in [5.41, 5.74) is 5.00. The second-order valence-electron chi connectivity index (χ2n) is 9.19. The van der Waals surface area contributed by atoms with Crippen LogP contribution in [0.25, 0.3) is 23.1 Å². The minimum atomic E-state index is -3.11. The fourth-order valence-corrected chi connectivity index (χ4v) is 4.63. The first kappa shape index (κ1) is 24.2. The number of hydrogen-bond acceptors (Lipinski definition) is 6. The highest BCUT2D eigenvalue weighted by Crippen LogP contribution is 2.32. The number of halogens is 2. The second-order valence-corrected chi connectivity index (χ2v) is 9.19.